The number of fused-ring (bicyclic) bond motifs is 1. The van der Waals surface area contributed by atoms with Gasteiger partial charge in [-0.15, -0.1) is 0 Å². The molecule has 0 bridgehead atoms. The molecule has 3 heteroatoms. The van der Waals surface area contributed by atoms with Crippen LogP contribution in [0.2, 0.25) is 0 Å². The fraction of sp³-hybridized carbons (Fsp3) is 0.667. The van der Waals surface area contributed by atoms with Gasteiger partial charge < -0.3 is 0 Å². The summed E-state index contributed by atoms with van der Waals surface area (Å²) in [5.74, 6) is 1.15. The van der Waals surface area contributed by atoms with Crippen LogP contribution in [-0.4, -0.2) is 9.36 Å². The van der Waals surface area contributed by atoms with Gasteiger partial charge in [-0.1, -0.05) is 69.2 Å². The molecule has 2 nitrogen and oxygen atoms in total. The van der Waals surface area contributed by atoms with E-state index in [1.54, 1.807) is 5.56 Å². The van der Waals surface area contributed by atoms with Crippen molar-refractivity contribution >= 4 is 11.5 Å². The lowest BCUT2D eigenvalue weighted by Gasteiger charge is -2.16. The Hall–Kier alpha value is -1.22. The Balaban J connectivity index is 0. The van der Waals surface area contributed by atoms with E-state index in [0.29, 0.717) is 11.8 Å². The minimum Gasteiger partial charge on any atom is -0.261 e. The van der Waals surface area contributed by atoms with Gasteiger partial charge in [-0.25, -0.2) is 0 Å². The summed E-state index contributed by atoms with van der Waals surface area (Å²) in [6.45, 7) is 20.7. The second-order valence-electron chi connectivity index (χ2n) is 6.32. The fourth-order valence-corrected chi connectivity index (χ4v) is 3.12. The molecule has 27 heavy (non-hydrogen) atoms. The van der Waals surface area contributed by atoms with E-state index in [2.05, 4.69) is 55.4 Å². The normalized spacial score (nSPS) is 11.4. The van der Waals surface area contributed by atoms with Crippen molar-refractivity contribution in [3.63, 3.8) is 0 Å². The fourth-order valence-electron chi connectivity index (χ4n) is 2.47. The predicted octanol–water partition coefficient (Wildman–Crippen LogP) is 8.43. The highest BCUT2D eigenvalue weighted by Gasteiger charge is 2.11. The molecule has 0 saturated carbocycles. The zero-order chi connectivity index (χ0) is 21.2. The van der Waals surface area contributed by atoms with Gasteiger partial charge >= 0.3 is 0 Å². The number of nitrogens with zero attached hydrogens (tertiary/aromatic N) is 2. The van der Waals surface area contributed by atoms with Gasteiger partial charge in [0.15, 0.2) is 0 Å². The Morgan fingerprint density at radius 2 is 1.30 bits per heavy atom. The summed E-state index contributed by atoms with van der Waals surface area (Å²) in [7, 11) is 0. The van der Waals surface area contributed by atoms with Gasteiger partial charge in [0.1, 0.15) is 0 Å². The molecule has 0 amide bonds. The zero-order valence-electron chi connectivity index (χ0n) is 19.6. The molecule has 1 aliphatic carbocycles. The van der Waals surface area contributed by atoms with E-state index in [1.165, 1.54) is 54.2 Å². The monoisotopic (exact) mass is 392 g/mol. The molecule has 0 aliphatic heterocycles. The molecule has 0 radical (unpaired) electrons. The van der Waals surface area contributed by atoms with Crippen molar-refractivity contribution in [3.05, 3.63) is 46.2 Å². The molecule has 1 aliphatic rings. The molecule has 0 N–H and O–H groups in total. The summed E-state index contributed by atoms with van der Waals surface area (Å²) in [6.07, 6.45) is 7.28. The predicted molar refractivity (Wildman–Crippen MR) is 125 cm³/mol. The van der Waals surface area contributed by atoms with Crippen molar-refractivity contribution in [2.75, 3.05) is 0 Å². The first-order valence-electron chi connectivity index (χ1n) is 11.0. The van der Waals surface area contributed by atoms with E-state index in [0.717, 1.165) is 0 Å². The van der Waals surface area contributed by atoms with Crippen LogP contribution in [0.5, 0.6) is 0 Å². The SMILES string of the molecule is CC.CC.CC.CC(C)c1cc2c(cn1)CCCC2.CC(C)c1ccsn1. The number of hydrogen-bond donors (Lipinski definition) is 0. The third-order valence-electron chi connectivity index (χ3n) is 3.89. The second kappa shape index (κ2) is 18.2. The van der Waals surface area contributed by atoms with Crippen LogP contribution >= 0.6 is 11.5 Å². The minimum atomic E-state index is 0.562. The minimum absolute atomic E-state index is 0.562. The smallest absolute Gasteiger partial charge is 0.0567 e. The van der Waals surface area contributed by atoms with Crippen molar-refractivity contribution in [2.24, 2.45) is 0 Å². The van der Waals surface area contributed by atoms with Gasteiger partial charge in [0.05, 0.1) is 5.69 Å². The van der Waals surface area contributed by atoms with Gasteiger partial charge in [0.2, 0.25) is 0 Å². The Morgan fingerprint density at radius 1 is 0.778 bits per heavy atom. The van der Waals surface area contributed by atoms with E-state index in [1.807, 2.05) is 46.9 Å². The molecular formula is C24H44N2S. The molecule has 2 heterocycles. The Kier molecular flexibility index (Phi) is 18.8. The topological polar surface area (TPSA) is 25.8 Å². The highest BCUT2D eigenvalue weighted by molar-refractivity contribution is 7.03. The molecule has 0 spiro atoms. The van der Waals surface area contributed by atoms with E-state index >= 15 is 0 Å². The van der Waals surface area contributed by atoms with Gasteiger partial charge in [0, 0.05) is 17.3 Å². The molecular weight excluding hydrogens is 348 g/mol. The third-order valence-corrected chi connectivity index (χ3v) is 4.46. The van der Waals surface area contributed by atoms with Crippen molar-refractivity contribution in [2.45, 2.75) is 107 Å². The van der Waals surface area contributed by atoms with Gasteiger partial charge in [-0.2, -0.15) is 4.37 Å². The maximum Gasteiger partial charge on any atom is 0.0567 e. The first kappa shape index (κ1) is 28.0. The summed E-state index contributed by atoms with van der Waals surface area (Å²) in [6, 6.07) is 4.37. The number of aromatic nitrogens is 2. The van der Waals surface area contributed by atoms with Crippen LogP contribution in [0.15, 0.2) is 23.7 Å². The van der Waals surface area contributed by atoms with Crippen LogP contribution in [0.25, 0.3) is 0 Å². The molecule has 2 aromatic heterocycles. The average Bonchev–Trinajstić information content (AvgIpc) is 3.28. The lowest BCUT2D eigenvalue weighted by molar-refractivity contribution is 0.675. The van der Waals surface area contributed by atoms with Gasteiger partial charge in [-0.3, -0.25) is 4.98 Å². The summed E-state index contributed by atoms with van der Waals surface area (Å²) in [5.41, 5.74) is 5.48. The van der Waals surface area contributed by atoms with Gasteiger partial charge in [0.25, 0.3) is 0 Å². The molecule has 0 aromatic carbocycles. The van der Waals surface area contributed by atoms with E-state index in [4.69, 9.17) is 0 Å². The largest absolute Gasteiger partial charge is 0.261 e. The van der Waals surface area contributed by atoms with Crippen molar-refractivity contribution < 1.29 is 0 Å². The molecule has 0 saturated heterocycles. The maximum atomic E-state index is 4.49. The number of hydrogen-bond acceptors (Lipinski definition) is 3. The van der Waals surface area contributed by atoms with Crippen LogP contribution < -0.4 is 0 Å². The highest BCUT2D eigenvalue weighted by Crippen LogP contribution is 2.23. The summed E-state index contributed by atoms with van der Waals surface area (Å²) < 4.78 is 4.16. The molecule has 0 fully saturated rings. The third kappa shape index (κ3) is 11.3. The van der Waals surface area contributed by atoms with Crippen molar-refractivity contribution in [3.8, 4) is 0 Å². The Morgan fingerprint density at radius 3 is 1.70 bits per heavy atom. The first-order chi connectivity index (χ1) is 13.1. The number of aryl methyl sites for hydroxylation is 2. The van der Waals surface area contributed by atoms with Crippen LogP contribution in [0.4, 0.5) is 0 Å². The standard InChI is InChI=1S/C12H17N.C6H9NS.3C2H6/c1-9(2)12-7-10-5-3-4-6-11(10)8-13-12;1-5(2)6-3-4-8-7-6;3*1-2/h7-9H,3-6H2,1-2H3;3-5H,1-2H3;3*1-2H3. The lowest BCUT2D eigenvalue weighted by Crippen LogP contribution is -2.05. The zero-order valence-corrected chi connectivity index (χ0v) is 20.4. The number of pyridine rings is 1. The highest BCUT2D eigenvalue weighted by atomic mass is 32.1. The molecule has 3 rings (SSSR count). The Bertz CT molecular complexity index is 546. The second-order valence-corrected chi connectivity index (χ2v) is 6.98. The van der Waals surface area contributed by atoms with Crippen LogP contribution in [0, 0.1) is 0 Å². The summed E-state index contributed by atoms with van der Waals surface area (Å²) in [5, 5.41) is 2.01. The molecule has 156 valence electrons. The maximum absolute atomic E-state index is 4.49. The molecule has 2 aromatic rings. The quantitative estimate of drug-likeness (QED) is 0.512. The van der Waals surface area contributed by atoms with Gasteiger partial charge in [-0.05, 0) is 72.3 Å². The summed E-state index contributed by atoms with van der Waals surface area (Å²) >= 11 is 1.52. The van der Waals surface area contributed by atoms with E-state index in [-0.39, 0.29) is 0 Å². The summed E-state index contributed by atoms with van der Waals surface area (Å²) in [4.78, 5) is 4.49. The molecule has 0 atom stereocenters. The van der Waals surface area contributed by atoms with E-state index in [9.17, 15) is 0 Å². The Labute approximate surface area is 174 Å². The first-order valence-corrected chi connectivity index (χ1v) is 11.8. The van der Waals surface area contributed by atoms with Crippen LogP contribution in [0.1, 0.15) is 116 Å². The lowest BCUT2D eigenvalue weighted by atomic mass is 9.92. The van der Waals surface area contributed by atoms with Crippen LogP contribution in [0.3, 0.4) is 0 Å². The van der Waals surface area contributed by atoms with Crippen molar-refractivity contribution in [1.29, 1.82) is 0 Å². The van der Waals surface area contributed by atoms with E-state index < -0.39 is 0 Å². The molecule has 0 unspecified atom stereocenters. The number of rotatable bonds is 2. The van der Waals surface area contributed by atoms with Crippen LogP contribution in [-0.2, 0) is 12.8 Å². The van der Waals surface area contributed by atoms with Crippen molar-refractivity contribution in [1.82, 2.24) is 9.36 Å². The average molecular weight is 393 g/mol.